The summed E-state index contributed by atoms with van der Waals surface area (Å²) in [5, 5.41) is 0. The number of nitrogens with two attached hydrogens (primary N) is 1. The second-order valence-electron chi connectivity index (χ2n) is 6.51. The van der Waals surface area contributed by atoms with Crippen molar-refractivity contribution in [2.24, 2.45) is 17.6 Å². The molecule has 2 saturated heterocycles. The van der Waals surface area contributed by atoms with Crippen LogP contribution in [0.15, 0.2) is 0 Å². The lowest BCUT2D eigenvalue weighted by atomic mass is 9.92. The molecule has 3 amide bonds. The van der Waals surface area contributed by atoms with Crippen molar-refractivity contribution in [3.63, 3.8) is 0 Å². The van der Waals surface area contributed by atoms with Crippen LogP contribution in [0, 0.1) is 11.8 Å². The summed E-state index contributed by atoms with van der Waals surface area (Å²) in [5.41, 5.74) is 5.25. The number of urea groups is 1. The molecule has 0 aromatic carbocycles. The molecule has 1 atom stereocenters. The zero-order chi connectivity index (χ0) is 17.0. The van der Waals surface area contributed by atoms with Gasteiger partial charge in [0.2, 0.25) is 15.9 Å². The molecule has 9 heteroatoms. The van der Waals surface area contributed by atoms with E-state index in [1.165, 1.54) is 0 Å². The minimum Gasteiger partial charge on any atom is -0.351 e. The van der Waals surface area contributed by atoms with Gasteiger partial charge in [0.15, 0.2) is 0 Å². The van der Waals surface area contributed by atoms with Crippen LogP contribution < -0.4 is 10.5 Å². The van der Waals surface area contributed by atoms with Crippen LogP contribution in [-0.2, 0) is 14.8 Å². The molecule has 2 rings (SSSR count). The van der Waals surface area contributed by atoms with Crippen LogP contribution in [0.5, 0.6) is 0 Å². The van der Waals surface area contributed by atoms with E-state index in [2.05, 4.69) is 4.72 Å². The summed E-state index contributed by atoms with van der Waals surface area (Å²) in [4.78, 5) is 27.2. The van der Waals surface area contributed by atoms with Crippen molar-refractivity contribution in [3.05, 3.63) is 0 Å². The third-order valence-corrected chi connectivity index (χ3v) is 5.31. The molecule has 0 aromatic heterocycles. The number of nitrogens with one attached hydrogen (secondary N) is 1. The van der Waals surface area contributed by atoms with Gasteiger partial charge >= 0.3 is 6.03 Å². The molecule has 2 heterocycles. The van der Waals surface area contributed by atoms with Crippen LogP contribution >= 0.6 is 0 Å². The van der Waals surface area contributed by atoms with Gasteiger partial charge in [-0.3, -0.25) is 4.79 Å². The lowest BCUT2D eigenvalue weighted by Gasteiger charge is -2.37. The maximum Gasteiger partial charge on any atom is 0.314 e. The number of nitrogens with zero attached hydrogens (tertiary/aromatic N) is 2. The molecule has 0 radical (unpaired) electrons. The molecule has 2 aliphatic heterocycles. The number of hydrogen-bond acceptors (Lipinski definition) is 4. The van der Waals surface area contributed by atoms with Crippen molar-refractivity contribution in [1.29, 1.82) is 0 Å². The van der Waals surface area contributed by atoms with Crippen molar-refractivity contribution in [2.45, 2.75) is 25.7 Å². The monoisotopic (exact) mass is 346 g/mol. The Bertz CT molecular complexity index is 543. The van der Waals surface area contributed by atoms with Crippen molar-refractivity contribution in [1.82, 2.24) is 14.5 Å². The number of carbonyl (C=O) groups excluding carboxylic acids is 2. The van der Waals surface area contributed by atoms with E-state index in [0.29, 0.717) is 39.0 Å². The number of primary amides is 1. The molecule has 23 heavy (non-hydrogen) atoms. The first-order valence-electron chi connectivity index (χ1n) is 8.04. The summed E-state index contributed by atoms with van der Waals surface area (Å²) in [6.45, 7) is 2.75. The van der Waals surface area contributed by atoms with Gasteiger partial charge in [0, 0.05) is 38.6 Å². The lowest BCUT2D eigenvalue weighted by Crippen LogP contribution is -2.49. The number of hydrogen-bond donors (Lipinski definition) is 2. The zero-order valence-corrected chi connectivity index (χ0v) is 14.3. The fraction of sp³-hybridized carbons (Fsp3) is 0.857. The fourth-order valence-corrected chi connectivity index (χ4v) is 3.84. The first-order chi connectivity index (χ1) is 10.8. The van der Waals surface area contributed by atoms with Gasteiger partial charge in [-0.25, -0.2) is 17.9 Å². The predicted octanol–water partition coefficient (Wildman–Crippen LogP) is -0.435. The maximum absolute atomic E-state index is 12.6. The van der Waals surface area contributed by atoms with E-state index in [1.54, 1.807) is 4.90 Å². The van der Waals surface area contributed by atoms with Gasteiger partial charge < -0.3 is 15.5 Å². The van der Waals surface area contributed by atoms with E-state index in [9.17, 15) is 18.0 Å². The van der Waals surface area contributed by atoms with E-state index in [1.807, 2.05) is 4.90 Å². The minimum absolute atomic E-state index is 0.0628. The molecule has 3 N–H and O–H groups in total. The highest BCUT2D eigenvalue weighted by molar-refractivity contribution is 7.88. The third kappa shape index (κ3) is 5.35. The number of sulfonamides is 1. The van der Waals surface area contributed by atoms with Gasteiger partial charge in [-0.05, 0) is 31.6 Å². The standard InChI is InChI=1S/C14H26N4O4S/c1-23(21,22)16-9-11-3-2-6-18(10-11)13(19)12-4-7-17(8-5-12)14(15)20/h11-12,16H,2-10H2,1H3,(H2,15,20). The molecule has 0 spiro atoms. The van der Waals surface area contributed by atoms with E-state index in [0.717, 1.165) is 25.6 Å². The Morgan fingerprint density at radius 3 is 2.35 bits per heavy atom. The number of likely N-dealkylation sites (tertiary alicyclic amines) is 2. The first kappa shape index (κ1) is 18.0. The molecule has 8 nitrogen and oxygen atoms in total. The first-order valence-corrected chi connectivity index (χ1v) is 9.93. The molecular formula is C14H26N4O4S. The Balaban J connectivity index is 1.84. The topological polar surface area (TPSA) is 113 Å². The Labute approximate surface area is 137 Å². The number of piperidine rings is 2. The smallest absolute Gasteiger partial charge is 0.314 e. The molecular weight excluding hydrogens is 320 g/mol. The minimum atomic E-state index is -3.20. The lowest BCUT2D eigenvalue weighted by molar-refractivity contribution is -0.138. The van der Waals surface area contributed by atoms with Crippen molar-refractivity contribution in [2.75, 3.05) is 39.0 Å². The highest BCUT2D eigenvalue weighted by atomic mass is 32.2. The van der Waals surface area contributed by atoms with Gasteiger partial charge in [-0.2, -0.15) is 0 Å². The molecule has 2 aliphatic rings. The highest BCUT2D eigenvalue weighted by Gasteiger charge is 2.32. The van der Waals surface area contributed by atoms with Gasteiger partial charge in [-0.1, -0.05) is 0 Å². The van der Waals surface area contributed by atoms with Crippen LogP contribution in [0.3, 0.4) is 0 Å². The number of amides is 3. The Morgan fingerprint density at radius 2 is 1.78 bits per heavy atom. The van der Waals surface area contributed by atoms with Gasteiger partial charge in [0.1, 0.15) is 0 Å². The molecule has 1 unspecified atom stereocenters. The van der Waals surface area contributed by atoms with Crippen LogP contribution in [0.25, 0.3) is 0 Å². The number of rotatable bonds is 4. The van der Waals surface area contributed by atoms with Crippen LogP contribution in [0.1, 0.15) is 25.7 Å². The molecule has 0 bridgehead atoms. The Hall–Kier alpha value is -1.35. The van der Waals surface area contributed by atoms with E-state index < -0.39 is 16.1 Å². The average Bonchev–Trinajstić information content (AvgIpc) is 2.52. The molecule has 0 aromatic rings. The molecule has 132 valence electrons. The summed E-state index contributed by atoms with van der Waals surface area (Å²) in [5.74, 6) is 0.221. The maximum atomic E-state index is 12.6. The molecule has 2 fully saturated rings. The predicted molar refractivity (Wildman–Crippen MR) is 86.0 cm³/mol. The highest BCUT2D eigenvalue weighted by Crippen LogP contribution is 2.23. The van der Waals surface area contributed by atoms with Crippen molar-refractivity contribution >= 4 is 22.0 Å². The molecule has 0 saturated carbocycles. The summed E-state index contributed by atoms with van der Waals surface area (Å²) < 4.78 is 24.9. The van der Waals surface area contributed by atoms with E-state index in [4.69, 9.17) is 5.73 Å². The summed E-state index contributed by atoms with van der Waals surface area (Å²) in [6, 6.07) is -0.430. The van der Waals surface area contributed by atoms with Gasteiger partial charge in [0.25, 0.3) is 0 Å². The summed E-state index contributed by atoms with van der Waals surface area (Å²) >= 11 is 0. The SMILES string of the molecule is CS(=O)(=O)NCC1CCCN(C(=O)C2CCN(C(N)=O)CC2)C1. The average molecular weight is 346 g/mol. The summed E-state index contributed by atoms with van der Waals surface area (Å²) in [6.07, 6.45) is 4.24. The van der Waals surface area contributed by atoms with Crippen LogP contribution in [-0.4, -0.2) is 69.1 Å². The van der Waals surface area contributed by atoms with Crippen LogP contribution in [0.2, 0.25) is 0 Å². The fourth-order valence-electron chi connectivity index (χ4n) is 3.31. The third-order valence-electron chi connectivity index (χ3n) is 4.62. The van der Waals surface area contributed by atoms with E-state index in [-0.39, 0.29) is 17.7 Å². The largest absolute Gasteiger partial charge is 0.351 e. The second kappa shape index (κ2) is 7.48. The summed E-state index contributed by atoms with van der Waals surface area (Å²) in [7, 11) is -3.20. The molecule has 0 aliphatic carbocycles. The zero-order valence-electron chi connectivity index (χ0n) is 13.5. The normalized spacial score (nSPS) is 23.8. The Morgan fingerprint density at radius 1 is 1.13 bits per heavy atom. The number of carbonyl (C=O) groups is 2. The van der Waals surface area contributed by atoms with Gasteiger partial charge in [0.05, 0.1) is 6.26 Å². The van der Waals surface area contributed by atoms with Gasteiger partial charge in [-0.15, -0.1) is 0 Å². The van der Waals surface area contributed by atoms with Crippen molar-refractivity contribution < 1.29 is 18.0 Å². The quantitative estimate of drug-likeness (QED) is 0.719. The second-order valence-corrected chi connectivity index (χ2v) is 8.35. The van der Waals surface area contributed by atoms with E-state index >= 15 is 0 Å². The Kier molecular flexibility index (Phi) is 5.85. The van der Waals surface area contributed by atoms with Crippen molar-refractivity contribution in [3.8, 4) is 0 Å². The van der Waals surface area contributed by atoms with Crippen LogP contribution in [0.4, 0.5) is 4.79 Å².